The molecular formula is C21H22F3N5O2. The van der Waals surface area contributed by atoms with Gasteiger partial charge in [-0.15, -0.1) is 5.10 Å². The molecule has 0 fully saturated rings. The van der Waals surface area contributed by atoms with Crippen LogP contribution in [0.5, 0.6) is 0 Å². The van der Waals surface area contributed by atoms with E-state index in [2.05, 4.69) is 15.1 Å². The Morgan fingerprint density at radius 1 is 1.23 bits per heavy atom. The van der Waals surface area contributed by atoms with Crippen LogP contribution in [0.2, 0.25) is 0 Å². The third-order valence-electron chi connectivity index (χ3n) is 5.62. The molecule has 164 valence electrons. The third kappa shape index (κ3) is 3.76. The smallest absolute Gasteiger partial charge is 0.378 e. The lowest BCUT2D eigenvalue weighted by Crippen LogP contribution is -2.36. The van der Waals surface area contributed by atoms with Crippen molar-refractivity contribution in [2.45, 2.75) is 46.0 Å². The molecule has 1 unspecified atom stereocenters. The van der Waals surface area contributed by atoms with Crippen LogP contribution in [0.1, 0.15) is 46.5 Å². The van der Waals surface area contributed by atoms with Gasteiger partial charge < -0.3 is 9.64 Å². The second-order valence-electron chi connectivity index (χ2n) is 7.88. The first-order valence-corrected chi connectivity index (χ1v) is 9.80. The van der Waals surface area contributed by atoms with Crippen molar-refractivity contribution in [2.75, 3.05) is 18.6 Å². The number of ether oxygens (including phenoxy) is 1. The van der Waals surface area contributed by atoms with E-state index in [1.165, 1.54) is 17.7 Å². The van der Waals surface area contributed by atoms with Crippen molar-refractivity contribution >= 4 is 11.5 Å². The van der Waals surface area contributed by atoms with Crippen LogP contribution in [-0.2, 0) is 24.1 Å². The van der Waals surface area contributed by atoms with Crippen LogP contribution >= 0.6 is 0 Å². The van der Waals surface area contributed by atoms with Crippen LogP contribution in [0.15, 0.2) is 23.1 Å². The number of aromatic nitrogens is 4. The van der Waals surface area contributed by atoms with Gasteiger partial charge in [-0.3, -0.25) is 9.78 Å². The second-order valence-corrected chi connectivity index (χ2v) is 7.88. The van der Waals surface area contributed by atoms with Gasteiger partial charge in [0.1, 0.15) is 0 Å². The van der Waals surface area contributed by atoms with Crippen molar-refractivity contribution < 1.29 is 17.9 Å². The number of methoxy groups -OCH3 is 1. The summed E-state index contributed by atoms with van der Waals surface area (Å²) in [6, 6.07) is 2.52. The van der Waals surface area contributed by atoms with Crippen LogP contribution in [-0.4, -0.2) is 33.2 Å². The molecule has 0 aromatic carbocycles. The molecule has 4 rings (SSSR count). The van der Waals surface area contributed by atoms with Gasteiger partial charge in [0.25, 0.3) is 5.56 Å². The van der Waals surface area contributed by atoms with Crippen molar-refractivity contribution in [3.63, 3.8) is 0 Å². The molecule has 0 N–H and O–H groups in total. The van der Waals surface area contributed by atoms with Crippen molar-refractivity contribution in [1.29, 1.82) is 0 Å². The molecule has 10 heteroatoms. The quantitative estimate of drug-likeness (QED) is 0.631. The number of nitrogens with zero attached hydrogens (tertiary/aromatic N) is 5. The number of halogens is 3. The monoisotopic (exact) mass is 433 g/mol. The van der Waals surface area contributed by atoms with Crippen molar-refractivity contribution in [3.05, 3.63) is 62.3 Å². The predicted molar refractivity (Wildman–Crippen MR) is 108 cm³/mol. The largest absolute Gasteiger partial charge is 0.417 e. The molecule has 1 aliphatic heterocycles. The molecule has 0 saturated carbocycles. The van der Waals surface area contributed by atoms with Gasteiger partial charge in [0.15, 0.2) is 11.5 Å². The summed E-state index contributed by atoms with van der Waals surface area (Å²) >= 11 is 0. The fraction of sp³-hybridized carbons (Fsp3) is 0.429. The van der Waals surface area contributed by atoms with Crippen LogP contribution in [0, 0.1) is 13.8 Å². The van der Waals surface area contributed by atoms with Crippen LogP contribution in [0.4, 0.5) is 19.0 Å². The Morgan fingerprint density at radius 3 is 2.65 bits per heavy atom. The van der Waals surface area contributed by atoms with Gasteiger partial charge in [-0.1, -0.05) is 6.92 Å². The van der Waals surface area contributed by atoms with Crippen LogP contribution in [0.25, 0.3) is 5.65 Å². The van der Waals surface area contributed by atoms with E-state index in [0.717, 1.165) is 23.4 Å². The first-order chi connectivity index (χ1) is 14.6. The number of hydrogen-bond donors (Lipinski definition) is 0. The minimum atomic E-state index is -4.46. The predicted octanol–water partition coefficient (Wildman–Crippen LogP) is 3.39. The summed E-state index contributed by atoms with van der Waals surface area (Å²) in [7, 11) is 1.53. The highest BCUT2D eigenvalue weighted by Gasteiger charge is 2.34. The fourth-order valence-electron chi connectivity index (χ4n) is 3.99. The lowest BCUT2D eigenvalue weighted by molar-refractivity contribution is -0.137. The van der Waals surface area contributed by atoms with E-state index in [1.54, 1.807) is 0 Å². The highest BCUT2D eigenvalue weighted by Crippen LogP contribution is 2.35. The normalized spacial score (nSPS) is 16.6. The van der Waals surface area contributed by atoms with Gasteiger partial charge in [0.05, 0.1) is 17.9 Å². The summed E-state index contributed by atoms with van der Waals surface area (Å²) in [6.45, 7) is 6.59. The number of pyridine rings is 1. The van der Waals surface area contributed by atoms with Crippen molar-refractivity contribution in [1.82, 2.24) is 19.6 Å². The van der Waals surface area contributed by atoms with Crippen LogP contribution in [0.3, 0.4) is 0 Å². The van der Waals surface area contributed by atoms with Crippen molar-refractivity contribution in [2.24, 2.45) is 0 Å². The topological polar surface area (TPSA) is 72.6 Å². The summed E-state index contributed by atoms with van der Waals surface area (Å²) in [6.07, 6.45) is -3.57. The minimum absolute atomic E-state index is 0.0952. The first-order valence-electron chi connectivity index (χ1n) is 9.80. The summed E-state index contributed by atoms with van der Waals surface area (Å²) in [5.74, 6) is 0.450. The summed E-state index contributed by atoms with van der Waals surface area (Å²) in [5.41, 5.74) is 2.59. The highest BCUT2D eigenvalue weighted by molar-refractivity contribution is 5.60. The van der Waals surface area contributed by atoms with E-state index in [9.17, 15) is 18.0 Å². The lowest BCUT2D eigenvalue weighted by atomic mass is 9.95. The molecule has 0 amide bonds. The molecule has 0 bridgehead atoms. The summed E-state index contributed by atoms with van der Waals surface area (Å²) < 4.78 is 45.8. The average molecular weight is 433 g/mol. The second kappa shape index (κ2) is 7.60. The van der Waals surface area contributed by atoms with Crippen molar-refractivity contribution in [3.8, 4) is 0 Å². The van der Waals surface area contributed by atoms with Gasteiger partial charge in [-0.05, 0) is 25.5 Å². The Labute approximate surface area is 176 Å². The third-order valence-corrected chi connectivity index (χ3v) is 5.62. The SMILES string of the molecule is COCc1cc(=O)n2nc(N3Cc4cc(C(F)(F)F)cnc4C(C)C3)c(C)c(C)c2n1. The van der Waals surface area contributed by atoms with E-state index in [-0.39, 0.29) is 24.6 Å². The first kappa shape index (κ1) is 21.2. The molecule has 0 spiro atoms. The Bertz CT molecular complexity index is 1220. The molecule has 1 atom stereocenters. The number of aryl methyl sites for hydroxylation is 1. The maximum atomic E-state index is 13.2. The Hall–Kier alpha value is -3.01. The van der Waals surface area contributed by atoms with Gasteiger partial charge in [0, 0.05) is 55.2 Å². The lowest BCUT2D eigenvalue weighted by Gasteiger charge is -2.34. The van der Waals surface area contributed by atoms with E-state index in [1.807, 2.05) is 25.7 Å². The Kier molecular flexibility index (Phi) is 5.20. The zero-order chi connectivity index (χ0) is 22.5. The molecule has 0 radical (unpaired) electrons. The molecule has 1 aliphatic rings. The maximum Gasteiger partial charge on any atom is 0.417 e. The van der Waals surface area contributed by atoms with Gasteiger partial charge in [-0.2, -0.15) is 17.7 Å². The number of alkyl halides is 3. The number of anilines is 1. The number of rotatable bonds is 3. The van der Waals surface area contributed by atoms with Gasteiger partial charge in [0.2, 0.25) is 0 Å². The number of hydrogen-bond acceptors (Lipinski definition) is 6. The molecular weight excluding hydrogens is 411 g/mol. The zero-order valence-electron chi connectivity index (χ0n) is 17.6. The number of fused-ring (bicyclic) bond motifs is 2. The van der Waals surface area contributed by atoms with Gasteiger partial charge >= 0.3 is 6.18 Å². The maximum absolute atomic E-state index is 13.2. The van der Waals surface area contributed by atoms with Crippen LogP contribution < -0.4 is 10.5 Å². The average Bonchev–Trinajstić information content (AvgIpc) is 2.70. The van der Waals surface area contributed by atoms with Gasteiger partial charge in [-0.25, -0.2) is 4.98 Å². The van der Waals surface area contributed by atoms with E-state index < -0.39 is 11.7 Å². The van der Waals surface area contributed by atoms with E-state index >= 15 is 0 Å². The molecule has 31 heavy (non-hydrogen) atoms. The van der Waals surface area contributed by atoms with E-state index in [4.69, 9.17) is 4.74 Å². The Balaban J connectivity index is 1.81. The minimum Gasteiger partial charge on any atom is -0.378 e. The molecule has 3 aromatic rings. The standard InChI is InChI=1S/C21H22F3N5O2/c1-11-8-28(9-14-5-15(21(22,23)24)7-25-18(11)14)20-13(3)12(2)19-26-16(10-31-4)6-17(30)29(19)27-20/h5-7,11H,8-10H2,1-4H3. The highest BCUT2D eigenvalue weighted by atomic mass is 19.4. The summed E-state index contributed by atoms with van der Waals surface area (Å²) in [5, 5.41) is 4.52. The molecule has 7 nitrogen and oxygen atoms in total. The molecule has 3 aromatic heterocycles. The zero-order valence-corrected chi connectivity index (χ0v) is 17.6. The fourth-order valence-corrected chi connectivity index (χ4v) is 3.99. The summed E-state index contributed by atoms with van der Waals surface area (Å²) in [4.78, 5) is 23.1. The van der Waals surface area contributed by atoms with E-state index in [0.29, 0.717) is 35.0 Å². The Morgan fingerprint density at radius 2 is 1.97 bits per heavy atom. The molecule has 0 aliphatic carbocycles. The molecule has 4 heterocycles. The molecule has 0 saturated heterocycles.